The van der Waals surface area contributed by atoms with Gasteiger partial charge in [0.2, 0.25) is 10.0 Å². The highest BCUT2D eigenvalue weighted by Crippen LogP contribution is 2.24. The largest absolute Gasteiger partial charge is 0.370 e. The van der Waals surface area contributed by atoms with Gasteiger partial charge in [0, 0.05) is 25.7 Å². The predicted octanol–water partition coefficient (Wildman–Crippen LogP) is 2.50. The number of hydrogen-bond donors (Lipinski definition) is 1. The van der Waals surface area contributed by atoms with Crippen molar-refractivity contribution in [3.05, 3.63) is 58.8 Å². The molecule has 1 N–H and O–H groups in total. The molecule has 0 aliphatic carbocycles. The molecule has 9 heteroatoms. The molecule has 1 aromatic heterocycles. The number of piperidine rings is 1. The van der Waals surface area contributed by atoms with Gasteiger partial charge in [-0.25, -0.2) is 13.4 Å². The zero-order valence-electron chi connectivity index (χ0n) is 14.1. The number of rotatable bonds is 6. The minimum atomic E-state index is -3.43. The fraction of sp³-hybridized carbons (Fsp3) is 0.353. The summed E-state index contributed by atoms with van der Waals surface area (Å²) in [5, 5.41) is 13.8. The van der Waals surface area contributed by atoms with Gasteiger partial charge < -0.3 is 5.32 Å². The van der Waals surface area contributed by atoms with Gasteiger partial charge >= 0.3 is 0 Å². The molecule has 0 spiro atoms. The lowest BCUT2D eigenvalue weighted by atomic mass is 9.98. The van der Waals surface area contributed by atoms with E-state index in [9.17, 15) is 18.5 Å². The van der Waals surface area contributed by atoms with Crippen LogP contribution < -0.4 is 5.32 Å². The average molecular weight is 376 g/mol. The van der Waals surface area contributed by atoms with Crippen LogP contribution in [0, 0.1) is 16.0 Å². The maximum Gasteiger partial charge on any atom is 0.287 e. The van der Waals surface area contributed by atoms with Crippen LogP contribution in [0.2, 0.25) is 0 Å². The monoisotopic (exact) mass is 376 g/mol. The Kier molecular flexibility index (Phi) is 5.48. The van der Waals surface area contributed by atoms with Crippen LogP contribution in [0.3, 0.4) is 0 Å². The van der Waals surface area contributed by atoms with E-state index >= 15 is 0 Å². The normalized spacial score (nSPS) is 16.3. The van der Waals surface area contributed by atoms with Crippen molar-refractivity contribution in [1.29, 1.82) is 0 Å². The van der Waals surface area contributed by atoms with E-state index in [4.69, 9.17) is 0 Å². The highest BCUT2D eigenvalue weighted by atomic mass is 32.2. The third kappa shape index (κ3) is 4.17. The van der Waals surface area contributed by atoms with Gasteiger partial charge in [0.25, 0.3) is 5.69 Å². The van der Waals surface area contributed by atoms with E-state index in [0.29, 0.717) is 36.3 Å². The number of nitrogens with one attached hydrogen (secondary N) is 1. The number of nitrogens with zero attached hydrogens (tertiary/aromatic N) is 3. The standard InChI is InChI=1S/C17H20N4O4S/c22-21(23)15-6-7-17(19-13-15)18-12-14-8-10-20(11-9-14)26(24,25)16-4-2-1-3-5-16/h1-7,13-14H,8-12H2,(H,18,19). The van der Waals surface area contributed by atoms with Crippen LogP contribution in [0.4, 0.5) is 11.5 Å². The predicted molar refractivity (Wildman–Crippen MR) is 97.3 cm³/mol. The van der Waals surface area contributed by atoms with Crippen molar-refractivity contribution in [2.24, 2.45) is 5.92 Å². The van der Waals surface area contributed by atoms with Crippen molar-refractivity contribution < 1.29 is 13.3 Å². The van der Waals surface area contributed by atoms with Crippen molar-refractivity contribution in [3.8, 4) is 0 Å². The number of anilines is 1. The summed E-state index contributed by atoms with van der Waals surface area (Å²) in [5.74, 6) is 0.907. The third-order valence-electron chi connectivity index (χ3n) is 4.49. The van der Waals surface area contributed by atoms with Gasteiger partial charge in [0.05, 0.1) is 9.82 Å². The average Bonchev–Trinajstić information content (AvgIpc) is 2.67. The van der Waals surface area contributed by atoms with Crippen LogP contribution in [0.15, 0.2) is 53.6 Å². The quantitative estimate of drug-likeness (QED) is 0.613. The first-order valence-corrected chi connectivity index (χ1v) is 9.80. The molecule has 2 aromatic rings. The molecule has 26 heavy (non-hydrogen) atoms. The van der Waals surface area contributed by atoms with E-state index in [1.54, 1.807) is 36.4 Å². The minimum Gasteiger partial charge on any atom is -0.370 e. The van der Waals surface area contributed by atoms with Crippen LogP contribution in [-0.4, -0.2) is 42.3 Å². The van der Waals surface area contributed by atoms with Gasteiger partial charge in [-0.2, -0.15) is 4.31 Å². The molecule has 1 saturated heterocycles. The summed E-state index contributed by atoms with van der Waals surface area (Å²) in [6, 6.07) is 11.5. The minimum absolute atomic E-state index is 0.0463. The van der Waals surface area contributed by atoms with E-state index in [1.807, 2.05) is 0 Å². The lowest BCUT2D eigenvalue weighted by Gasteiger charge is -2.31. The van der Waals surface area contributed by atoms with Crippen molar-refractivity contribution in [3.63, 3.8) is 0 Å². The molecule has 0 unspecified atom stereocenters. The number of pyridine rings is 1. The van der Waals surface area contributed by atoms with Gasteiger partial charge in [0.1, 0.15) is 12.0 Å². The second-order valence-corrected chi connectivity index (χ2v) is 8.14. The van der Waals surface area contributed by atoms with Crippen molar-refractivity contribution in [2.75, 3.05) is 25.0 Å². The van der Waals surface area contributed by atoms with Gasteiger partial charge in [-0.3, -0.25) is 10.1 Å². The lowest BCUT2D eigenvalue weighted by Crippen LogP contribution is -2.39. The maximum atomic E-state index is 12.6. The molecular formula is C17H20N4O4S. The molecule has 3 rings (SSSR count). The molecule has 138 valence electrons. The fourth-order valence-corrected chi connectivity index (χ4v) is 4.43. The van der Waals surface area contributed by atoms with Crippen molar-refractivity contribution in [2.45, 2.75) is 17.7 Å². The van der Waals surface area contributed by atoms with Crippen molar-refractivity contribution >= 4 is 21.5 Å². The first-order chi connectivity index (χ1) is 12.5. The van der Waals surface area contributed by atoms with E-state index in [-0.39, 0.29) is 5.69 Å². The zero-order valence-corrected chi connectivity index (χ0v) is 14.9. The fourth-order valence-electron chi connectivity index (χ4n) is 2.94. The summed E-state index contributed by atoms with van der Waals surface area (Å²) in [6.07, 6.45) is 2.73. The Bertz CT molecular complexity index is 848. The second-order valence-electron chi connectivity index (χ2n) is 6.20. The van der Waals surface area contributed by atoms with Gasteiger partial charge in [-0.15, -0.1) is 0 Å². The maximum absolute atomic E-state index is 12.6. The Labute approximate surface area is 152 Å². The Hall–Kier alpha value is -2.52. The van der Waals surface area contributed by atoms with E-state index in [1.165, 1.54) is 16.6 Å². The summed E-state index contributed by atoms with van der Waals surface area (Å²) in [7, 11) is -3.43. The molecule has 2 heterocycles. The molecule has 1 aliphatic rings. The number of sulfonamides is 1. The Balaban J connectivity index is 1.52. The van der Waals surface area contributed by atoms with E-state index in [0.717, 1.165) is 12.8 Å². The molecule has 0 atom stereocenters. The van der Waals surface area contributed by atoms with E-state index < -0.39 is 14.9 Å². The molecule has 1 fully saturated rings. The smallest absolute Gasteiger partial charge is 0.287 e. The molecule has 0 radical (unpaired) electrons. The summed E-state index contributed by atoms with van der Waals surface area (Å²) < 4.78 is 26.7. The Morgan fingerprint density at radius 3 is 2.42 bits per heavy atom. The zero-order chi connectivity index (χ0) is 18.6. The van der Waals surface area contributed by atoms with Crippen LogP contribution in [0.25, 0.3) is 0 Å². The SMILES string of the molecule is O=[N+]([O-])c1ccc(NCC2CCN(S(=O)(=O)c3ccccc3)CC2)nc1. The third-order valence-corrected chi connectivity index (χ3v) is 6.40. The van der Waals surface area contributed by atoms with E-state index in [2.05, 4.69) is 10.3 Å². The Morgan fingerprint density at radius 2 is 1.85 bits per heavy atom. The molecule has 0 saturated carbocycles. The summed E-state index contributed by atoms with van der Waals surface area (Å²) in [6.45, 7) is 1.62. The number of nitro groups is 1. The highest BCUT2D eigenvalue weighted by molar-refractivity contribution is 7.89. The number of aromatic nitrogens is 1. The highest BCUT2D eigenvalue weighted by Gasteiger charge is 2.29. The molecular weight excluding hydrogens is 356 g/mol. The van der Waals surface area contributed by atoms with Gasteiger partial charge in [-0.05, 0) is 37.0 Å². The van der Waals surface area contributed by atoms with Gasteiger partial charge in [-0.1, -0.05) is 18.2 Å². The summed E-state index contributed by atoms with van der Waals surface area (Å²) in [4.78, 5) is 14.5. The van der Waals surface area contributed by atoms with Gasteiger partial charge in [0.15, 0.2) is 0 Å². The van der Waals surface area contributed by atoms with Crippen LogP contribution in [0.1, 0.15) is 12.8 Å². The van der Waals surface area contributed by atoms with Crippen LogP contribution in [-0.2, 0) is 10.0 Å². The molecule has 0 bridgehead atoms. The first-order valence-electron chi connectivity index (χ1n) is 8.36. The first kappa shape index (κ1) is 18.3. The number of benzene rings is 1. The number of hydrogen-bond acceptors (Lipinski definition) is 6. The molecule has 1 aromatic carbocycles. The molecule has 8 nitrogen and oxygen atoms in total. The van der Waals surface area contributed by atoms with Crippen LogP contribution in [0.5, 0.6) is 0 Å². The van der Waals surface area contributed by atoms with Crippen LogP contribution >= 0.6 is 0 Å². The molecule has 1 aliphatic heterocycles. The second kappa shape index (κ2) is 7.79. The Morgan fingerprint density at radius 1 is 1.15 bits per heavy atom. The summed E-state index contributed by atoms with van der Waals surface area (Å²) in [5.41, 5.74) is -0.0463. The topological polar surface area (TPSA) is 105 Å². The molecule has 0 amide bonds. The van der Waals surface area contributed by atoms with Crippen molar-refractivity contribution in [1.82, 2.24) is 9.29 Å². The summed E-state index contributed by atoms with van der Waals surface area (Å²) >= 11 is 0. The lowest BCUT2D eigenvalue weighted by molar-refractivity contribution is -0.385.